The molecule has 1 saturated carbocycles. The second-order valence-electron chi connectivity index (χ2n) is 4.93. The molecule has 1 rings (SSSR count). The Kier molecular flexibility index (Phi) is 3.59. The number of hydrogen-bond acceptors (Lipinski definition) is 1. The van der Waals surface area contributed by atoms with E-state index in [1.54, 1.807) is 0 Å². The van der Waals surface area contributed by atoms with Gasteiger partial charge in [-0.15, -0.1) is 0 Å². The molecule has 0 atom stereocenters. The standard InChI is InChI=1S/C10H19BrO/c1-10(2,3)8-4-6-9(12-11)7-5-8/h8-9H,4-7H2,1-3H3. The van der Waals surface area contributed by atoms with Crippen LogP contribution in [0, 0.1) is 11.3 Å². The van der Waals surface area contributed by atoms with Crippen LogP contribution in [0.1, 0.15) is 46.5 Å². The van der Waals surface area contributed by atoms with Crippen molar-refractivity contribution in [2.45, 2.75) is 52.6 Å². The van der Waals surface area contributed by atoms with Gasteiger partial charge in [-0.2, -0.15) is 0 Å². The minimum Gasteiger partial charge on any atom is -0.305 e. The third-order valence-electron chi connectivity index (χ3n) is 3.02. The van der Waals surface area contributed by atoms with Crippen LogP contribution in [0.4, 0.5) is 0 Å². The predicted octanol–water partition coefficient (Wildman–Crippen LogP) is 3.92. The van der Waals surface area contributed by atoms with Crippen LogP contribution in [0.5, 0.6) is 0 Å². The molecule has 0 amide bonds. The Morgan fingerprint density at radius 2 is 1.58 bits per heavy atom. The summed E-state index contributed by atoms with van der Waals surface area (Å²) in [6, 6.07) is 0. The lowest BCUT2D eigenvalue weighted by atomic mass is 9.72. The first-order valence-electron chi connectivity index (χ1n) is 4.81. The first kappa shape index (κ1) is 10.5. The van der Waals surface area contributed by atoms with Crippen molar-refractivity contribution in [3.8, 4) is 0 Å². The SMILES string of the molecule is CC(C)(C)C1CCC(OBr)CC1. The second-order valence-corrected chi connectivity index (χ2v) is 5.30. The summed E-state index contributed by atoms with van der Waals surface area (Å²) >= 11 is 3.08. The van der Waals surface area contributed by atoms with Crippen LogP contribution in [0.3, 0.4) is 0 Å². The van der Waals surface area contributed by atoms with Gasteiger partial charge in [0.1, 0.15) is 0 Å². The topological polar surface area (TPSA) is 9.23 Å². The van der Waals surface area contributed by atoms with E-state index in [2.05, 4.69) is 37.0 Å². The molecule has 0 N–H and O–H groups in total. The third kappa shape index (κ3) is 2.74. The van der Waals surface area contributed by atoms with Crippen LogP contribution in [0.15, 0.2) is 0 Å². The fraction of sp³-hybridized carbons (Fsp3) is 1.00. The molecule has 72 valence electrons. The Bertz CT molecular complexity index is 131. The number of hydrogen-bond donors (Lipinski definition) is 0. The van der Waals surface area contributed by atoms with Gasteiger partial charge in [-0.05, 0) is 37.0 Å². The molecule has 0 aromatic carbocycles. The van der Waals surface area contributed by atoms with E-state index in [9.17, 15) is 0 Å². The summed E-state index contributed by atoms with van der Waals surface area (Å²) in [5.41, 5.74) is 0.483. The van der Waals surface area contributed by atoms with E-state index in [0.29, 0.717) is 11.5 Å². The van der Waals surface area contributed by atoms with Gasteiger partial charge in [-0.25, -0.2) is 0 Å². The highest BCUT2D eigenvalue weighted by Crippen LogP contribution is 2.38. The molecule has 1 aliphatic carbocycles. The van der Waals surface area contributed by atoms with Crippen LogP contribution in [0.25, 0.3) is 0 Å². The molecule has 0 bridgehead atoms. The zero-order valence-corrected chi connectivity index (χ0v) is 9.86. The lowest BCUT2D eigenvalue weighted by Gasteiger charge is -2.36. The number of halogens is 1. The van der Waals surface area contributed by atoms with Gasteiger partial charge >= 0.3 is 0 Å². The fourth-order valence-electron chi connectivity index (χ4n) is 2.02. The lowest BCUT2D eigenvalue weighted by Crippen LogP contribution is -2.27. The highest BCUT2D eigenvalue weighted by Gasteiger charge is 2.29. The van der Waals surface area contributed by atoms with E-state index in [-0.39, 0.29) is 0 Å². The van der Waals surface area contributed by atoms with Crippen LogP contribution < -0.4 is 0 Å². The maximum Gasteiger partial charge on any atom is 0.0990 e. The maximum absolute atomic E-state index is 5.16. The quantitative estimate of drug-likeness (QED) is 0.669. The zero-order chi connectivity index (χ0) is 9.19. The van der Waals surface area contributed by atoms with Crippen molar-refractivity contribution in [1.29, 1.82) is 0 Å². The first-order chi connectivity index (χ1) is 5.54. The number of rotatable bonds is 1. The third-order valence-corrected chi connectivity index (χ3v) is 3.55. The van der Waals surface area contributed by atoms with Gasteiger partial charge in [-0.3, -0.25) is 0 Å². The van der Waals surface area contributed by atoms with E-state index in [1.807, 2.05) is 0 Å². The molecule has 0 aromatic rings. The molecule has 1 aliphatic rings. The van der Waals surface area contributed by atoms with Crippen molar-refractivity contribution in [3.05, 3.63) is 0 Å². The van der Waals surface area contributed by atoms with E-state index in [1.165, 1.54) is 25.7 Å². The van der Waals surface area contributed by atoms with Crippen LogP contribution >= 0.6 is 16.3 Å². The summed E-state index contributed by atoms with van der Waals surface area (Å²) in [6.07, 6.45) is 5.53. The minimum atomic E-state index is 0.462. The summed E-state index contributed by atoms with van der Waals surface area (Å²) in [7, 11) is 0. The highest BCUT2D eigenvalue weighted by molar-refractivity contribution is 9.06. The second kappa shape index (κ2) is 4.10. The molecule has 0 heterocycles. The smallest absolute Gasteiger partial charge is 0.0990 e. The van der Waals surface area contributed by atoms with Gasteiger partial charge in [-0.1, -0.05) is 20.8 Å². The Labute approximate surface area is 84.3 Å². The molecule has 0 saturated heterocycles. The molecule has 2 heteroatoms. The van der Waals surface area contributed by atoms with E-state index < -0.39 is 0 Å². The lowest BCUT2D eigenvalue weighted by molar-refractivity contribution is 0.107. The van der Waals surface area contributed by atoms with Crippen molar-refractivity contribution in [3.63, 3.8) is 0 Å². The average molecular weight is 235 g/mol. The van der Waals surface area contributed by atoms with Crippen molar-refractivity contribution >= 4 is 16.3 Å². The summed E-state index contributed by atoms with van der Waals surface area (Å²) < 4.78 is 5.16. The summed E-state index contributed by atoms with van der Waals surface area (Å²) in [5.74, 6) is 0.886. The minimum absolute atomic E-state index is 0.462. The summed E-state index contributed by atoms with van der Waals surface area (Å²) in [5, 5.41) is 0. The molecule has 0 radical (unpaired) electrons. The molecule has 1 nitrogen and oxygen atoms in total. The molecule has 0 aliphatic heterocycles. The molecule has 1 fully saturated rings. The normalized spacial score (nSPS) is 32.0. The van der Waals surface area contributed by atoms with Crippen molar-refractivity contribution in [1.82, 2.24) is 0 Å². The van der Waals surface area contributed by atoms with Gasteiger partial charge in [0.15, 0.2) is 0 Å². The molecular weight excluding hydrogens is 216 g/mol. The van der Waals surface area contributed by atoms with E-state index in [4.69, 9.17) is 3.83 Å². The van der Waals surface area contributed by atoms with E-state index in [0.717, 1.165) is 5.92 Å². The van der Waals surface area contributed by atoms with Crippen molar-refractivity contribution < 1.29 is 3.83 Å². The molecule has 0 spiro atoms. The molecular formula is C10H19BrO. The van der Waals surface area contributed by atoms with Gasteiger partial charge in [0.25, 0.3) is 0 Å². The molecule has 0 unspecified atom stereocenters. The van der Waals surface area contributed by atoms with Crippen LogP contribution in [-0.2, 0) is 3.83 Å². The highest BCUT2D eigenvalue weighted by atomic mass is 79.9. The van der Waals surface area contributed by atoms with Crippen molar-refractivity contribution in [2.75, 3.05) is 0 Å². The Hall–Kier alpha value is 0.440. The van der Waals surface area contributed by atoms with Gasteiger partial charge in [0, 0.05) is 0 Å². The van der Waals surface area contributed by atoms with Gasteiger partial charge in [0.05, 0.1) is 22.4 Å². The predicted molar refractivity (Wildman–Crippen MR) is 55.2 cm³/mol. The first-order valence-corrected chi connectivity index (χ1v) is 5.46. The summed E-state index contributed by atoms with van der Waals surface area (Å²) in [4.78, 5) is 0. The average Bonchev–Trinajstić information content (AvgIpc) is 2.03. The maximum atomic E-state index is 5.16. The fourth-order valence-corrected chi connectivity index (χ4v) is 2.39. The Morgan fingerprint density at radius 3 is 1.92 bits per heavy atom. The van der Waals surface area contributed by atoms with Crippen LogP contribution in [-0.4, -0.2) is 6.10 Å². The molecule has 0 aromatic heterocycles. The summed E-state index contributed by atoms with van der Waals surface area (Å²) in [6.45, 7) is 7.02. The van der Waals surface area contributed by atoms with Gasteiger partial charge in [0.2, 0.25) is 0 Å². The zero-order valence-electron chi connectivity index (χ0n) is 8.27. The largest absolute Gasteiger partial charge is 0.305 e. The molecule has 12 heavy (non-hydrogen) atoms. The van der Waals surface area contributed by atoms with Crippen LogP contribution in [0.2, 0.25) is 0 Å². The Morgan fingerprint density at radius 1 is 1.08 bits per heavy atom. The van der Waals surface area contributed by atoms with Gasteiger partial charge < -0.3 is 3.83 Å². The van der Waals surface area contributed by atoms with E-state index >= 15 is 0 Å². The Balaban J connectivity index is 2.36. The monoisotopic (exact) mass is 234 g/mol. The van der Waals surface area contributed by atoms with Crippen molar-refractivity contribution in [2.24, 2.45) is 11.3 Å².